The number of aromatic nitrogens is 2. The Morgan fingerprint density at radius 3 is 2.48 bits per heavy atom. The summed E-state index contributed by atoms with van der Waals surface area (Å²) < 4.78 is 1.98. The van der Waals surface area contributed by atoms with Gasteiger partial charge in [0.1, 0.15) is 5.65 Å². The number of rotatable bonds is 6. The molecule has 33 heavy (non-hydrogen) atoms. The number of carbonyl (C=O) groups excluding carboxylic acids is 2. The van der Waals surface area contributed by atoms with Crippen molar-refractivity contribution in [1.82, 2.24) is 14.3 Å². The van der Waals surface area contributed by atoms with Gasteiger partial charge in [-0.15, -0.1) is 11.8 Å². The number of likely N-dealkylation sites (tertiary alicyclic amines) is 1. The minimum Gasteiger partial charge on any atom is -0.342 e. The van der Waals surface area contributed by atoms with Crippen molar-refractivity contribution in [2.24, 2.45) is 0 Å². The highest BCUT2D eigenvalue weighted by molar-refractivity contribution is 8.00. The first kappa shape index (κ1) is 21.3. The first-order valence-electron chi connectivity index (χ1n) is 11.0. The van der Waals surface area contributed by atoms with Crippen molar-refractivity contribution in [1.29, 1.82) is 0 Å². The fourth-order valence-corrected chi connectivity index (χ4v) is 4.93. The monoisotopic (exact) mass is 456 g/mol. The molecule has 1 aliphatic rings. The van der Waals surface area contributed by atoms with E-state index in [1.807, 2.05) is 82.4 Å². The van der Waals surface area contributed by atoms with Crippen LogP contribution in [0.4, 0.5) is 5.69 Å². The Morgan fingerprint density at radius 2 is 1.70 bits per heavy atom. The highest BCUT2D eigenvalue weighted by atomic mass is 32.2. The fourth-order valence-electron chi connectivity index (χ4n) is 3.97. The second-order valence-corrected chi connectivity index (χ2v) is 9.01. The summed E-state index contributed by atoms with van der Waals surface area (Å²) in [4.78, 5) is 32.7. The number of imidazole rings is 1. The molecule has 6 nitrogen and oxygen atoms in total. The topological polar surface area (TPSA) is 66.7 Å². The van der Waals surface area contributed by atoms with Crippen molar-refractivity contribution in [3.05, 3.63) is 84.7 Å². The molecule has 2 aromatic carbocycles. The third-order valence-electron chi connectivity index (χ3n) is 5.74. The number of anilines is 1. The normalized spacial score (nSPS) is 13.4. The second kappa shape index (κ2) is 9.50. The lowest BCUT2D eigenvalue weighted by molar-refractivity contribution is -0.127. The molecule has 1 aliphatic heterocycles. The summed E-state index contributed by atoms with van der Waals surface area (Å²) in [5.74, 6) is 0.292. The average molecular weight is 457 g/mol. The van der Waals surface area contributed by atoms with Crippen LogP contribution >= 0.6 is 11.8 Å². The Bertz CT molecular complexity index is 1260. The average Bonchev–Trinajstić information content (AvgIpc) is 3.53. The molecule has 1 fully saturated rings. The zero-order valence-electron chi connectivity index (χ0n) is 18.1. The van der Waals surface area contributed by atoms with Crippen LogP contribution in [0, 0.1) is 0 Å². The van der Waals surface area contributed by atoms with Crippen LogP contribution < -0.4 is 5.32 Å². The van der Waals surface area contributed by atoms with E-state index in [2.05, 4.69) is 10.3 Å². The number of hydrogen-bond donors (Lipinski definition) is 1. The zero-order valence-corrected chi connectivity index (χ0v) is 18.9. The van der Waals surface area contributed by atoms with Crippen LogP contribution in [0.2, 0.25) is 0 Å². The first-order chi connectivity index (χ1) is 16.2. The zero-order chi connectivity index (χ0) is 22.6. The largest absolute Gasteiger partial charge is 0.342 e. The second-order valence-electron chi connectivity index (χ2n) is 8.00. The van der Waals surface area contributed by atoms with Gasteiger partial charge in [0, 0.05) is 41.6 Å². The molecule has 7 heteroatoms. The molecule has 5 rings (SSSR count). The number of nitrogens with zero attached hydrogens (tertiary/aromatic N) is 3. The van der Waals surface area contributed by atoms with Gasteiger partial charge in [-0.3, -0.25) is 9.59 Å². The lowest BCUT2D eigenvalue weighted by Gasteiger charge is -2.15. The fraction of sp³-hybridized carbons (Fsp3) is 0.192. The van der Waals surface area contributed by atoms with E-state index >= 15 is 0 Å². The summed E-state index contributed by atoms with van der Waals surface area (Å²) in [5, 5.41) is 2.97. The van der Waals surface area contributed by atoms with E-state index in [4.69, 9.17) is 0 Å². The lowest BCUT2D eigenvalue weighted by Crippen LogP contribution is -2.29. The van der Waals surface area contributed by atoms with Gasteiger partial charge < -0.3 is 14.6 Å². The molecule has 4 aromatic rings. The van der Waals surface area contributed by atoms with Gasteiger partial charge in [0.15, 0.2) is 0 Å². The van der Waals surface area contributed by atoms with E-state index in [0.29, 0.717) is 17.0 Å². The van der Waals surface area contributed by atoms with Gasteiger partial charge in [0.2, 0.25) is 5.91 Å². The molecule has 1 N–H and O–H groups in total. The summed E-state index contributed by atoms with van der Waals surface area (Å²) in [6.07, 6.45) is 6.10. The lowest BCUT2D eigenvalue weighted by atomic mass is 10.1. The minimum absolute atomic E-state index is 0.134. The van der Waals surface area contributed by atoms with E-state index in [-0.39, 0.29) is 11.8 Å². The number of fused-ring (bicyclic) bond motifs is 1. The molecular weight excluding hydrogens is 432 g/mol. The van der Waals surface area contributed by atoms with Gasteiger partial charge in [0.05, 0.1) is 17.0 Å². The summed E-state index contributed by atoms with van der Waals surface area (Å²) in [7, 11) is 0. The van der Waals surface area contributed by atoms with E-state index in [1.165, 1.54) is 11.8 Å². The van der Waals surface area contributed by atoms with Gasteiger partial charge in [-0.25, -0.2) is 4.98 Å². The van der Waals surface area contributed by atoms with Crippen molar-refractivity contribution in [2.75, 3.05) is 24.2 Å². The van der Waals surface area contributed by atoms with Gasteiger partial charge in [-0.2, -0.15) is 0 Å². The Hall–Kier alpha value is -3.58. The van der Waals surface area contributed by atoms with Gasteiger partial charge in [-0.05, 0) is 49.2 Å². The van der Waals surface area contributed by atoms with Gasteiger partial charge in [0.25, 0.3) is 5.91 Å². The van der Waals surface area contributed by atoms with Crippen LogP contribution in [-0.2, 0) is 4.79 Å². The van der Waals surface area contributed by atoms with Crippen LogP contribution in [0.1, 0.15) is 23.2 Å². The third kappa shape index (κ3) is 4.78. The van der Waals surface area contributed by atoms with Crippen molar-refractivity contribution in [2.45, 2.75) is 17.7 Å². The SMILES string of the molecule is O=C(Nc1ccc(-c2cn3ccccc3n2)cc1)c1ccccc1SCC(=O)N1CCCC1. The number of amides is 2. The number of benzene rings is 2. The summed E-state index contributed by atoms with van der Waals surface area (Å²) in [6, 6.07) is 21.0. The number of pyridine rings is 1. The summed E-state index contributed by atoms with van der Waals surface area (Å²) >= 11 is 1.42. The smallest absolute Gasteiger partial charge is 0.256 e. The Kier molecular flexibility index (Phi) is 6.13. The molecule has 2 amide bonds. The van der Waals surface area contributed by atoms with Crippen LogP contribution in [0.5, 0.6) is 0 Å². The number of thioether (sulfide) groups is 1. The highest BCUT2D eigenvalue weighted by Gasteiger charge is 2.19. The van der Waals surface area contributed by atoms with Crippen LogP contribution in [0.3, 0.4) is 0 Å². The third-order valence-corrected chi connectivity index (χ3v) is 6.80. The van der Waals surface area contributed by atoms with Crippen molar-refractivity contribution >= 4 is 34.9 Å². The molecular formula is C26H24N4O2S. The Labute approximate surface area is 196 Å². The molecule has 0 unspecified atom stereocenters. The summed E-state index contributed by atoms with van der Waals surface area (Å²) in [5.41, 5.74) is 4.03. The molecule has 1 saturated heterocycles. The maximum atomic E-state index is 13.0. The Balaban J connectivity index is 1.26. The van der Waals surface area contributed by atoms with Gasteiger partial charge in [-0.1, -0.05) is 30.3 Å². The molecule has 0 bridgehead atoms. The molecule has 2 aromatic heterocycles. The molecule has 166 valence electrons. The minimum atomic E-state index is -0.188. The molecule has 0 atom stereocenters. The number of nitrogens with one attached hydrogen (secondary N) is 1. The first-order valence-corrected chi connectivity index (χ1v) is 12.0. The molecule has 0 saturated carbocycles. The quantitative estimate of drug-likeness (QED) is 0.416. The number of carbonyl (C=O) groups is 2. The van der Waals surface area contributed by atoms with E-state index in [0.717, 1.165) is 47.7 Å². The van der Waals surface area contributed by atoms with Crippen LogP contribution in [-0.4, -0.2) is 44.9 Å². The predicted molar refractivity (Wildman–Crippen MR) is 132 cm³/mol. The van der Waals surface area contributed by atoms with E-state index < -0.39 is 0 Å². The Morgan fingerprint density at radius 1 is 0.939 bits per heavy atom. The number of hydrogen-bond acceptors (Lipinski definition) is 4. The van der Waals surface area contributed by atoms with Crippen molar-refractivity contribution in [3.8, 4) is 11.3 Å². The highest BCUT2D eigenvalue weighted by Crippen LogP contribution is 2.26. The maximum absolute atomic E-state index is 13.0. The predicted octanol–water partition coefficient (Wildman–Crippen LogP) is 4.97. The molecule has 3 heterocycles. The summed E-state index contributed by atoms with van der Waals surface area (Å²) in [6.45, 7) is 1.68. The van der Waals surface area contributed by atoms with Gasteiger partial charge >= 0.3 is 0 Å². The van der Waals surface area contributed by atoms with E-state index in [9.17, 15) is 9.59 Å². The molecule has 0 spiro atoms. The standard InChI is InChI=1S/C26H24N4O2S/c31-25(29-14-5-6-15-29)18-33-23-8-2-1-7-21(23)26(32)27-20-12-10-19(11-13-20)22-17-30-16-4-3-9-24(30)28-22/h1-4,7-13,16-17H,5-6,14-15,18H2,(H,27,32). The molecule has 0 aliphatic carbocycles. The van der Waals surface area contributed by atoms with Crippen molar-refractivity contribution in [3.63, 3.8) is 0 Å². The van der Waals surface area contributed by atoms with Crippen LogP contribution in [0.15, 0.2) is 84.0 Å². The van der Waals surface area contributed by atoms with Crippen molar-refractivity contribution < 1.29 is 9.59 Å². The van der Waals surface area contributed by atoms with Crippen LogP contribution in [0.25, 0.3) is 16.9 Å². The maximum Gasteiger partial charge on any atom is 0.256 e. The molecule has 0 radical (unpaired) electrons. The van der Waals surface area contributed by atoms with E-state index in [1.54, 1.807) is 6.07 Å².